The van der Waals surface area contributed by atoms with Crippen molar-refractivity contribution in [2.75, 3.05) is 31.6 Å². The first-order valence-electron chi connectivity index (χ1n) is 8.05. The molecule has 1 saturated heterocycles. The van der Waals surface area contributed by atoms with Gasteiger partial charge < -0.3 is 20.7 Å². The zero-order valence-electron chi connectivity index (χ0n) is 13.5. The van der Waals surface area contributed by atoms with Crippen LogP contribution in [0.2, 0.25) is 0 Å². The van der Waals surface area contributed by atoms with E-state index < -0.39 is 0 Å². The molecule has 1 fully saturated rings. The standard InChI is InChI=1S/C17H27N3O2/c1-13(7-10-18)20(16-8-11-19-12-9-16)15-5-3-14(4-6-15)17(21)22-2/h3-6,13,16,19H,7-12,18H2,1-2H3/t13-/m1/s1. The molecule has 22 heavy (non-hydrogen) atoms. The maximum atomic E-state index is 11.6. The molecule has 0 amide bonds. The molecular formula is C17H27N3O2. The number of hydrogen-bond donors (Lipinski definition) is 2. The van der Waals surface area contributed by atoms with Crippen molar-refractivity contribution in [1.82, 2.24) is 5.32 Å². The molecule has 1 aromatic carbocycles. The Morgan fingerprint density at radius 1 is 1.36 bits per heavy atom. The van der Waals surface area contributed by atoms with Crippen LogP contribution in [0.5, 0.6) is 0 Å². The smallest absolute Gasteiger partial charge is 0.337 e. The number of anilines is 1. The first kappa shape index (κ1) is 16.8. The van der Waals surface area contributed by atoms with E-state index in [9.17, 15) is 4.79 Å². The van der Waals surface area contributed by atoms with Gasteiger partial charge in [-0.05, 0) is 70.1 Å². The van der Waals surface area contributed by atoms with Gasteiger partial charge in [-0.3, -0.25) is 0 Å². The van der Waals surface area contributed by atoms with Crippen LogP contribution in [-0.4, -0.2) is 44.8 Å². The minimum absolute atomic E-state index is 0.296. The lowest BCUT2D eigenvalue weighted by molar-refractivity contribution is 0.0601. The second kappa shape index (κ2) is 8.15. The zero-order chi connectivity index (χ0) is 15.9. The summed E-state index contributed by atoms with van der Waals surface area (Å²) < 4.78 is 4.76. The third-order valence-electron chi connectivity index (χ3n) is 4.35. The molecule has 0 aliphatic carbocycles. The van der Waals surface area contributed by atoms with Gasteiger partial charge >= 0.3 is 5.97 Å². The van der Waals surface area contributed by atoms with Crippen LogP contribution in [0.3, 0.4) is 0 Å². The third kappa shape index (κ3) is 3.99. The average molecular weight is 305 g/mol. The number of piperidine rings is 1. The lowest BCUT2D eigenvalue weighted by Gasteiger charge is -2.40. The summed E-state index contributed by atoms with van der Waals surface area (Å²) in [6, 6.07) is 8.61. The second-order valence-corrected chi connectivity index (χ2v) is 5.85. The minimum Gasteiger partial charge on any atom is -0.465 e. The highest BCUT2D eigenvalue weighted by atomic mass is 16.5. The SMILES string of the molecule is COC(=O)c1ccc(N(C2CCNCC2)[C@H](C)CCN)cc1. The molecule has 0 saturated carbocycles. The van der Waals surface area contributed by atoms with Gasteiger partial charge in [0.2, 0.25) is 0 Å². The van der Waals surface area contributed by atoms with Crippen molar-refractivity contribution in [3.63, 3.8) is 0 Å². The summed E-state index contributed by atoms with van der Waals surface area (Å²) in [5.41, 5.74) is 7.50. The van der Waals surface area contributed by atoms with Crippen molar-refractivity contribution >= 4 is 11.7 Å². The second-order valence-electron chi connectivity index (χ2n) is 5.85. The Bertz CT molecular complexity index is 469. The van der Waals surface area contributed by atoms with Gasteiger partial charge in [0.25, 0.3) is 0 Å². The molecule has 122 valence electrons. The predicted molar refractivity (Wildman–Crippen MR) is 89.3 cm³/mol. The molecule has 0 bridgehead atoms. The summed E-state index contributed by atoms with van der Waals surface area (Å²) in [6.07, 6.45) is 3.23. The zero-order valence-corrected chi connectivity index (χ0v) is 13.5. The van der Waals surface area contributed by atoms with E-state index in [0.29, 0.717) is 24.2 Å². The van der Waals surface area contributed by atoms with Crippen LogP contribution < -0.4 is 16.0 Å². The van der Waals surface area contributed by atoms with E-state index in [1.54, 1.807) is 0 Å². The number of carbonyl (C=O) groups excluding carboxylic acids is 1. The monoisotopic (exact) mass is 305 g/mol. The van der Waals surface area contributed by atoms with Crippen LogP contribution in [-0.2, 0) is 4.74 Å². The molecular weight excluding hydrogens is 278 g/mol. The first-order chi connectivity index (χ1) is 10.7. The number of nitrogens with two attached hydrogens (primary N) is 1. The number of methoxy groups -OCH3 is 1. The predicted octanol–water partition coefficient (Wildman–Crippen LogP) is 1.77. The summed E-state index contributed by atoms with van der Waals surface area (Å²) in [5, 5.41) is 3.41. The molecule has 5 heteroatoms. The third-order valence-corrected chi connectivity index (χ3v) is 4.35. The number of rotatable bonds is 6. The van der Waals surface area contributed by atoms with Crippen molar-refractivity contribution in [1.29, 1.82) is 0 Å². The minimum atomic E-state index is -0.296. The average Bonchev–Trinajstić information content (AvgIpc) is 2.56. The lowest BCUT2D eigenvalue weighted by Crippen LogP contribution is -2.48. The molecule has 0 spiro atoms. The molecule has 1 aromatic rings. The van der Waals surface area contributed by atoms with Gasteiger partial charge in [-0.2, -0.15) is 0 Å². The quantitative estimate of drug-likeness (QED) is 0.784. The van der Waals surface area contributed by atoms with E-state index in [2.05, 4.69) is 17.1 Å². The van der Waals surface area contributed by atoms with Gasteiger partial charge in [-0.15, -0.1) is 0 Å². The van der Waals surface area contributed by atoms with Crippen LogP contribution in [0, 0.1) is 0 Å². The van der Waals surface area contributed by atoms with Crippen molar-refractivity contribution in [2.45, 2.75) is 38.3 Å². The van der Waals surface area contributed by atoms with E-state index in [1.807, 2.05) is 24.3 Å². The summed E-state index contributed by atoms with van der Waals surface area (Å²) >= 11 is 0. The normalized spacial score (nSPS) is 17.0. The number of esters is 1. The van der Waals surface area contributed by atoms with Crippen LogP contribution in [0.15, 0.2) is 24.3 Å². The maximum absolute atomic E-state index is 11.6. The number of nitrogens with zero attached hydrogens (tertiary/aromatic N) is 1. The van der Waals surface area contributed by atoms with Crippen LogP contribution in [0.4, 0.5) is 5.69 Å². The van der Waals surface area contributed by atoms with Crippen LogP contribution in [0.25, 0.3) is 0 Å². The summed E-state index contributed by atoms with van der Waals surface area (Å²) in [6.45, 7) is 5.01. The largest absolute Gasteiger partial charge is 0.465 e. The molecule has 0 unspecified atom stereocenters. The Morgan fingerprint density at radius 2 is 2.00 bits per heavy atom. The Kier molecular flexibility index (Phi) is 6.21. The molecule has 0 radical (unpaired) electrons. The summed E-state index contributed by atoms with van der Waals surface area (Å²) in [5.74, 6) is -0.296. The number of carbonyl (C=O) groups is 1. The fourth-order valence-electron chi connectivity index (χ4n) is 3.18. The van der Waals surface area contributed by atoms with E-state index in [-0.39, 0.29) is 5.97 Å². The summed E-state index contributed by atoms with van der Waals surface area (Å²) in [7, 11) is 1.40. The van der Waals surface area contributed by atoms with Gasteiger partial charge in [0.1, 0.15) is 0 Å². The van der Waals surface area contributed by atoms with E-state index in [0.717, 1.165) is 38.0 Å². The Balaban J connectivity index is 2.21. The number of nitrogens with one attached hydrogen (secondary N) is 1. The van der Waals surface area contributed by atoms with Crippen LogP contribution in [0.1, 0.15) is 36.5 Å². The van der Waals surface area contributed by atoms with Crippen molar-refractivity contribution in [3.8, 4) is 0 Å². The van der Waals surface area contributed by atoms with E-state index in [4.69, 9.17) is 10.5 Å². The highest BCUT2D eigenvalue weighted by molar-refractivity contribution is 5.89. The fraction of sp³-hybridized carbons (Fsp3) is 0.588. The van der Waals surface area contributed by atoms with Gasteiger partial charge in [-0.25, -0.2) is 4.79 Å². The molecule has 2 rings (SSSR count). The lowest BCUT2D eigenvalue weighted by atomic mass is 10.00. The van der Waals surface area contributed by atoms with Crippen molar-refractivity contribution in [3.05, 3.63) is 29.8 Å². The van der Waals surface area contributed by atoms with Gasteiger partial charge in [-0.1, -0.05) is 0 Å². The van der Waals surface area contributed by atoms with E-state index in [1.165, 1.54) is 7.11 Å². The van der Waals surface area contributed by atoms with Crippen molar-refractivity contribution < 1.29 is 9.53 Å². The molecule has 5 nitrogen and oxygen atoms in total. The Morgan fingerprint density at radius 3 is 2.55 bits per heavy atom. The Hall–Kier alpha value is -1.59. The van der Waals surface area contributed by atoms with Gasteiger partial charge in [0.05, 0.1) is 12.7 Å². The molecule has 1 aliphatic heterocycles. The Labute approximate surface area is 132 Å². The number of ether oxygens (including phenoxy) is 1. The number of benzene rings is 1. The molecule has 1 aliphatic rings. The van der Waals surface area contributed by atoms with E-state index >= 15 is 0 Å². The molecule has 3 N–H and O–H groups in total. The number of hydrogen-bond acceptors (Lipinski definition) is 5. The van der Waals surface area contributed by atoms with Gasteiger partial charge in [0.15, 0.2) is 0 Å². The van der Waals surface area contributed by atoms with Crippen molar-refractivity contribution in [2.24, 2.45) is 5.73 Å². The molecule has 0 aromatic heterocycles. The maximum Gasteiger partial charge on any atom is 0.337 e. The van der Waals surface area contributed by atoms with Gasteiger partial charge in [0, 0.05) is 17.8 Å². The highest BCUT2D eigenvalue weighted by Gasteiger charge is 2.25. The molecule has 1 heterocycles. The fourth-order valence-corrected chi connectivity index (χ4v) is 3.18. The van der Waals surface area contributed by atoms with Crippen LogP contribution >= 0.6 is 0 Å². The molecule has 1 atom stereocenters. The topological polar surface area (TPSA) is 67.6 Å². The first-order valence-corrected chi connectivity index (χ1v) is 8.05. The highest BCUT2D eigenvalue weighted by Crippen LogP contribution is 2.26. The summed E-state index contributed by atoms with van der Waals surface area (Å²) in [4.78, 5) is 14.0.